The van der Waals surface area contributed by atoms with Gasteiger partial charge in [0.2, 0.25) is 5.91 Å². The lowest BCUT2D eigenvalue weighted by Gasteiger charge is -2.33. The predicted octanol–water partition coefficient (Wildman–Crippen LogP) is 3.17. The fourth-order valence-electron chi connectivity index (χ4n) is 3.48. The van der Waals surface area contributed by atoms with Crippen LogP contribution in [0, 0.1) is 0 Å². The lowest BCUT2D eigenvalue weighted by atomic mass is 10.3. The molecule has 0 saturated carbocycles. The van der Waals surface area contributed by atoms with Crippen LogP contribution >= 0.6 is 34.3 Å². The number of anilines is 1. The van der Waals surface area contributed by atoms with Crippen molar-refractivity contribution < 1.29 is 13.2 Å². The maximum Gasteiger partial charge on any atom is 0.253 e. The van der Waals surface area contributed by atoms with Gasteiger partial charge < -0.3 is 10.6 Å². The topological polar surface area (TPSA) is 109 Å². The molecule has 1 aromatic carbocycles. The Balaban J connectivity index is 1.33. The van der Waals surface area contributed by atoms with Crippen LogP contribution < -0.4 is 5.73 Å². The zero-order valence-electron chi connectivity index (χ0n) is 16.0. The number of halogens is 1. The van der Waals surface area contributed by atoms with Crippen LogP contribution in [0.15, 0.2) is 40.9 Å². The van der Waals surface area contributed by atoms with E-state index in [0.717, 1.165) is 36.5 Å². The van der Waals surface area contributed by atoms with Gasteiger partial charge in [-0.15, -0.1) is 22.7 Å². The smallest absolute Gasteiger partial charge is 0.253 e. The molecule has 8 nitrogen and oxygen atoms in total. The van der Waals surface area contributed by atoms with Gasteiger partial charge >= 0.3 is 0 Å². The molecule has 0 aliphatic carbocycles. The molecule has 2 N–H and O–H groups in total. The van der Waals surface area contributed by atoms with Crippen molar-refractivity contribution >= 4 is 76.3 Å². The summed E-state index contributed by atoms with van der Waals surface area (Å²) >= 11 is 8.61. The first-order chi connectivity index (χ1) is 14.8. The standard InChI is InChI=1S/C19H16ClN5O3S3/c20-12-2-1-11-5-17(30-15(11)6-12)31(27,28)25-4-3-24(16(26)9-25)8-13-7-14-18(29-13)19(21)23-10-22-14/h1-2,5-7,10H,3-4,8-9H2,(H2,21,22,23). The van der Waals surface area contributed by atoms with Gasteiger partial charge in [-0.05, 0) is 29.7 Å². The molecule has 0 unspecified atom stereocenters. The van der Waals surface area contributed by atoms with E-state index in [2.05, 4.69) is 9.97 Å². The molecule has 4 aromatic rings. The maximum absolute atomic E-state index is 13.1. The number of hydrogen-bond donors (Lipinski definition) is 1. The van der Waals surface area contributed by atoms with E-state index in [1.54, 1.807) is 29.2 Å². The van der Waals surface area contributed by atoms with Gasteiger partial charge in [0.25, 0.3) is 10.0 Å². The number of piperazine rings is 1. The minimum atomic E-state index is -3.76. The molecule has 3 aromatic heterocycles. The molecule has 0 atom stereocenters. The molecule has 12 heteroatoms. The highest BCUT2D eigenvalue weighted by Crippen LogP contribution is 2.33. The highest BCUT2D eigenvalue weighted by Gasteiger charge is 2.34. The van der Waals surface area contributed by atoms with Crippen molar-refractivity contribution in [3.8, 4) is 0 Å². The fourth-order valence-corrected chi connectivity index (χ4v) is 7.72. The minimum Gasteiger partial charge on any atom is -0.382 e. The van der Waals surface area contributed by atoms with Gasteiger partial charge in [-0.1, -0.05) is 17.7 Å². The van der Waals surface area contributed by atoms with E-state index in [4.69, 9.17) is 17.3 Å². The van der Waals surface area contributed by atoms with Crippen molar-refractivity contribution in [1.29, 1.82) is 0 Å². The van der Waals surface area contributed by atoms with Crippen molar-refractivity contribution in [1.82, 2.24) is 19.2 Å². The Kier molecular flexibility index (Phi) is 5.10. The van der Waals surface area contributed by atoms with E-state index >= 15 is 0 Å². The third-order valence-electron chi connectivity index (χ3n) is 5.07. The van der Waals surface area contributed by atoms with Gasteiger partial charge in [-0.25, -0.2) is 18.4 Å². The molecule has 160 valence electrons. The molecule has 1 aliphatic rings. The number of hydrogen-bond acceptors (Lipinski definition) is 8. The Morgan fingerprint density at radius 3 is 2.74 bits per heavy atom. The van der Waals surface area contributed by atoms with Crippen molar-refractivity contribution in [3.63, 3.8) is 0 Å². The highest BCUT2D eigenvalue weighted by molar-refractivity contribution is 7.91. The van der Waals surface area contributed by atoms with E-state index in [9.17, 15) is 13.2 Å². The van der Waals surface area contributed by atoms with Crippen LogP contribution in [-0.2, 0) is 21.4 Å². The molecule has 1 aliphatic heterocycles. The van der Waals surface area contributed by atoms with Crippen LogP contribution in [0.3, 0.4) is 0 Å². The molecule has 5 rings (SSSR count). The van der Waals surface area contributed by atoms with Gasteiger partial charge in [-0.2, -0.15) is 4.31 Å². The summed E-state index contributed by atoms with van der Waals surface area (Å²) in [4.78, 5) is 23.5. The predicted molar refractivity (Wildman–Crippen MR) is 123 cm³/mol. The van der Waals surface area contributed by atoms with Gasteiger partial charge in [-0.3, -0.25) is 4.79 Å². The van der Waals surface area contributed by atoms with Crippen molar-refractivity contribution in [2.45, 2.75) is 10.8 Å². The number of fused-ring (bicyclic) bond motifs is 2. The van der Waals surface area contributed by atoms with Crippen molar-refractivity contribution in [2.24, 2.45) is 0 Å². The maximum atomic E-state index is 13.1. The molecule has 0 spiro atoms. The van der Waals surface area contributed by atoms with Crippen LogP contribution in [0.2, 0.25) is 5.02 Å². The number of nitrogens with two attached hydrogens (primary N) is 1. The number of benzene rings is 1. The van der Waals surface area contributed by atoms with E-state index in [1.807, 2.05) is 6.07 Å². The monoisotopic (exact) mass is 493 g/mol. The SMILES string of the molecule is Nc1ncnc2cc(CN3CCN(S(=O)(=O)c4cc5ccc(Cl)cc5s4)CC3=O)sc12. The largest absolute Gasteiger partial charge is 0.382 e. The number of sulfonamides is 1. The third kappa shape index (κ3) is 3.76. The number of amides is 1. The second kappa shape index (κ2) is 7.68. The van der Waals surface area contributed by atoms with Gasteiger partial charge in [0.05, 0.1) is 23.3 Å². The zero-order chi connectivity index (χ0) is 21.8. The highest BCUT2D eigenvalue weighted by atomic mass is 35.5. The lowest BCUT2D eigenvalue weighted by Crippen LogP contribution is -2.51. The Morgan fingerprint density at radius 2 is 1.97 bits per heavy atom. The number of carbonyl (C=O) groups is 1. The molecular formula is C19H16ClN5O3S3. The molecule has 4 heterocycles. The first-order valence-corrected chi connectivity index (χ1v) is 12.7. The number of nitrogens with zero attached hydrogens (tertiary/aromatic N) is 4. The summed E-state index contributed by atoms with van der Waals surface area (Å²) in [6.45, 7) is 0.735. The molecule has 1 fully saturated rings. The molecule has 0 radical (unpaired) electrons. The quantitative estimate of drug-likeness (QED) is 0.467. The fraction of sp³-hybridized carbons (Fsp3) is 0.211. The lowest BCUT2D eigenvalue weighted by molar-refractivity contribution is -0.134. The van der Waals surface area contributed by atoms with Crippen LogP contribution in [-0.4, -0.2) is 53.1 Å². The summed E-state index contributed by atoms with van der Waals surface area (Å²) in [5, 5.41) is 1.36. The minimum absolute atomic E-state index is 0.190. The summed E-state index contributed by atoms with van der Waals surface area (Å²) in [6, 6.07) is 8.77. The van der Waals surface area contributed by atoms with E-state index < -0.39 is 10.0 Å². The number of thiophene rings is 2. The third-order valence-corrected chi connectivity index (χ3v) is 9.83. The summed E-state index contributed by atoms with van der Waals surface area (Å²) in [5.41, 5.74) is 6.63. The average Bonchev–Trinajstić information content (AvgIpc) is 3.34. The Bertz CT molecular complexity index is 1430. The second-order valence-electron chi connectivity index (χ2n) is 7.09. The normalized spacial score (nSPS) is 15.9. The van der Waals surface area contributed by atoms with E-state index in [-0.39, 0.29) is 23.2 Å². The summed E-state index contributed by atoms with van der Waals surface area (Å²) in [7, 11) is -3.76. The van der Waals surface area contributed by atoms with Gasteiger partial charge in [0, 0.05) is 27.7 Å². The Hall–Kier alpha value is -2.31. The molecule has 1 saturated heterocycles. The van der Waals surface area contributed by atoms with Gasteiger partial charge in [0.15, 0.2) is 0 Å². The summed E-state index contributed by atoms with van der Waals surface area (Å²) in [6.07, 6.45) is 1.41. The van der Waals surface area contributed by atoms with Crippen LogP contribution in [0.25, 0.3) is 20.3 Å². The number of aromatic nitrogens is 2. The molecule has 31 heavy (non-hydrogen) atoms. The Morgan fingerprint density at radius 1 is 1.13 bits per heavy atom. The average molecular weight is 494 g/mol. The van der Waals surface area contributed by atoms with E-state index in [0.29, 0.717) is 23.9 Å². The van der Waals surface area contributed by atoms with Crippen LogP contribution in [0.4, 0.5) is 5.82 Å². The molecule has 0 bridgehead atoms. The van der Waals surface area contributed by atoms with Crippen LogP contribution in [0.1, 0.15) is 4.88 Å². The second-order valence-corrected chi connectivity index (χ2v) is 11.9. The Labute approximate surface area is 190 Å². The molecule has 1 amide bonds. The zero-order valence-corrected chi connectivity index (χ0v) is 19.2. The molecular weight excluding hydrogens is 478 g/mol. The summed E-state index contributed by atoms with van der Waals surface area (Å²) < 4.78 is 29.3. The van der Waals surface area contributed by atoms with E-state index in [1.165, 1.54) is 22.0 Å². The number of carbonyl (C=O) groups excluding carboxylic acids is 1. The summed E-state index contributed by atoms with van der Waals surface area (Å²) in [5.74, 6) is 0.170. The van der Waals surface area contributed by atoms with Crippen molar-refractivity contribution in [2.75, 3.05) is 25.4 Å². The van der Waals surface area contributed by atoms with Crippen LogP contribution in [0.5, 0.6) is 0 Å². The number of rotatable bonds is 4. The number of nitrogen functional groups attached to an aromatic ring is 1. The van der Waals surface area contributed by atoms with Crippen molar-refractivity contribution in [3.05, 3.63) is 46.6 Å². The van der Waals surface area contributed by atoms with Gasteiger partial charge in [0.1, 0.15) is 16.4 Å². The first kappa shape index (κ1) is 20.6. The first-order valence-electron chi connectivity index (χ1n) is 9.27.